The number of nitrogens with zero attached hydrogens (tertiary/aromatic N) is 1. The summed E-state index contributed by atoms with van der Waals surface area (Å²) in [6.45, 7) is 2.48. The number of hydrazine groups is 1. The molecule has 0 fully saturated rings. The van der Waals surface area contributed by atoms with Crippen molar-refractivity contribution in [1.29, 1.82) is 0 Å². The summed E-state index contributed by atoms with van der Waals surface area (Å²) in [5, 5.41) is 4.52. The number of nitrogens with two attached hydrogens (primary N) is 1. The second-order valence-corrected chi connectivity index (χ2v) is 3.67. The molecular formula is C11H18N4O. The minimum atomic E-state index is -0.105. The summed E-state index contributed by atoms with van der Waals surface area (Å²) in [7, 11) is 3.70. The van der Waals surface area contributed by atoms with Gasteiger partial charge in [-0.3, -0.25) is 4.79 Å². The molecule has 0 saturated heterocycles. The predicted octanol–water partition coefficient (Wildman–Crippen LogP) is 0.907. The summed E-state index contributed by atoms with van der Waals surface area (Å²) < 4.78 is 0. The first-order chi connectivity index (χ1) is 7.54. The molecular weight excluding hydrogens is 204 g/mol. The van der Waals surface area contributed by atoms with Gasteiger partial charge in [0, 0.05) is 26.3 Å². The Labute approximate surface area is 95.6 Å². The highest BCUT2D eigenvalue weighted by Crippen LogP contribution is 2.19. The third-order valence-corrected chi connectivity index (χ3v) is 1.97. The SMILES string of the molecule is CCNC(=O)c1ccc(N)cc1NN(C)C. The number of hydrogen-bond acceptors (Lipinski definition) is 4. The van der Waals surface area contributed by atoms with Crippen molar-refractivity contribution in [1.82, 2.24) is 10.3 Å². The van der Waals surface area contributed by atoms with Crippen LogP contribution in [0.25, 0.3) is 0 Å². The van der Waals surface area contributed by atoms with Crippen LogP contribution in [0.3, 0.4) is 0 Å². The van der Waals surface area contributed by atoms with Gasteiger partial charge in [0.25, 0.3) is 5.91 Å². The minimum Gasteiger partial charge on any atom is -0.399 e. The van der Waals surface area contributed by atoms with E-state index in [0.717, 1.165) is 0 Å². The van der Waals surface area contributed by atoms with Crippen LogP contribution in [0.1, 0.15) is 17.3 Å². The maximum atomic E-state index is 11.7. The summed E-state index contributed by atoms with van der Waals surface area (Å²) in [6.07, 6.45) is 0. The van der Waals surface area contributed by atoms with E-state index in [2.05, 4.69) is 10.7 Å². The summed E-state index contributed by atoms with van der Waals surface area (Å²) in [6, 6.07) is 5.17. The van der Waals surface area contributed by atoms with Crippen LogP contribution in [0.4, 0.5) is 11.4 Å². The molecule has 0 aliphatic carbocycles. The molecule has 4 N–H and O–H groups in total. The molecule has 0 heterocycles. The lowest BCUT2D eigenvalue weighted by molar-refractivity contribution is 0.0956. The number of anilines is 2. The maximum absolute atomic E-state index is 11.7. The normalized spacial score (nSPS) is 10.2. The molecule has 1 amide bonds. The third-order valence-electron chi connectivity index (χ3n) is 1.97. The standard InChI is InChI=1S/C11H18N4O/c1-4-13-11(16)9-6-5-8(12)7-10(9)14-15(2)3/h5-7,14H,4,12H2,1-3H3,(H,13,16). The molecule has 5 nitrogen and oxygen atoms in total. The molecule has 1 rings (SSSR count). The molecule has 0 unspecified atom stereocenters. The van der Waals surface area contributed by atoms with Crippen LogP contribution in [0, 0.1) is 0 Å². The van der Waals surface area contributed by atoms with Crippen molar-refractivity contribution in [2.24, 2.45) is 0 Å². The molecule has 0 aromatic heterocycles. The lowest BCUT2D eigenvalue weighted by Gasteiger charge is -2.17. The van der Waals surface area contributed by atoms with Gasteiger partial charge in [-0.2, -0.15) is 0 Å². The van der Waals surface area contributed by atoms with E-state index in [0.29, 0.717) is 23.5 Å². The average Bonchev–Trinajstić information content (AvgIpc) is 2.16. The fourth-order valence-corrected chi connectivity index (χ4v) is 1.35. The predicted molar refractivity (Wildman–Crippen MR) is 66.2 cm³/mol. The second-order valence-electron chi connectivity index (χ2n) is 3.67. The Hall–Kier alpha value is -1.75. The molecule has 0 aliphatic heterocycles. The van der Waals surface area contributed by atoms with Crippen molar-refractivity contribution in [3.8, 4) is 0 Å². The molecule has 0 bridgehead atoms. The fourth-order valence-electron chi connectivity index (χ4n) is 1.35. The Morgan fingerprint density at radius 2 is 2.12 bits per heavy atom. The van der Waals surface area contributed by atoms with Crippen molar-refractivity contribution in [2.75, 3.05) is 31.8 Å². The largest absolute Gasteiger partial charge is 0.399 e. The Balaban J connectivity index is 3.02. The van der Waals surface area contributed by atoms with Crippen molar-refractivity contribution >= 4 is 17.3 Å². The summed E-state index contributed by atoms with van der Waals surface area (Å²) in [4.78, 5) is 11.7. The Morgan fingerprint density at radius 3 is 2.69 bits per heavy atom. The third kappa shape index (κ3) is 3.13. The lowest BCUT2D eigenvalue weighted by atomic mass is 10.1. The zero-order valence-electron chi connectivity index (χ0n) is 9.87. The van der Waals surface area contributed by atoms with E-state index in [1.165, 1.54) is 0 Å². The Morgan fingerprint density at radius 1 is 1.44 bits per heavy atom. The monoisotopic (exact) mass is 222 g/mol. The zero-order chi connectivity index (χ0) is 12.1. The first kappa shape index (κ1) is 12.3. The number of rotatable bonds is 4. The van der Waals surface area contributed by atoms with Gasteiger partial charge in [0.05, 0.1) is 11.3 Å². The lowest BCUT2D eigenvalue weighted by Crippen LogP contribution is -2.26. The number of carbonyl (C=O) groups is 1. The van der Waals surface area contributed by atoms with Gasteiger partial charge in [-0.1, -0.05) is 0 Å². The van der Waals surface area contributed by atoms with Crippen LogP contribution in [-0.2, 0) is 0 Å². The van der Waals surface area contributed by atoms with Gasteiger partial charge in [0.2, 0.25) is 0 Å². The van der Waals surface area contributed by atoms with Gasteiger partial charge in [0.15, 0.2) is 0 Å². The van der Waals surface area contributed by atoms with E-state index in [4.69, 9.17) is 5.73 Å². The molecule has 0 atom stereocenters. The quantitative estimate of drug-likeness (QED) is 0.523. The second kappa shape index (κ2) is 5.37. The van der Waals surface area contributed by atoms with Crippen molar-refractivity contribution < 1.29 is 4.79 Å². The molecule has 16 heavy (non-hydrogen) atoms. The zero-order valence-corrected chi connectivity index (χ0v) is 9.87. The molecule has 0 saturated carbocycles. The summed E-state index contributed by atoms with van der Waals surface area (Å²) >= 11 is 0. The topological polar surface area (TPSA) is 70.4 Å². The number of benzene rings is 1. The Kier molecular flexibility index (Phi) is 4.13. The molecule has 88 valence electrons. The van der Waals surface area contributed by atoms with Gasteiger partial charge in [-0.15, -0.1) is 0 Å². The van der Waals surface area contributed by atoms with Gasteiger partial charge in [0.1, 0.15) is 0 Å². The molecule has 0 radical (unpaired) electrons. The van der Waals surface area contributed by atoms with E-state index in [-0.39, 0.29) is 5.91 Å². The van der Waals surface area contributed by atoms with Crippen LogP contribution in [0.5, 0.6) is 0 Å². The van der Waals surface area contributed by atoms with Crippen LogP contribution in [0.15, 0.2) is 18.2 Å². The maximum Gasteiger partial charge on any atom is 0.253 e. The Bertz CT molecular complexity index is 376. The molecule has 5 heteroatoms. The highest BCUT2D eigenvalue weighted by Gasteiger charge is 2.10. The smallest absolute Gasteiger partial charge is 0.253 e. The van der Waals surface area contributed by atoms with Crippen LogP contribution in [0.2, 0.25) is 0 Å². The van der Waals surface area contributed by atoms with E-state index >= 15 is 0 Å². The van der Waals surface area contributed by atoms with Crippen LogP contribution < -0.4 is 16.5 Å². The average molecular weight is 222 g/mol. The number of nitrogen functional groups attached to an aromatic ring is 1. The van der Waals surface area contributed by atoms with Crippen molar-refractivity contribution in [2.45, 2.75) is 6.92 Å². The highest BCUT2D eigenvalue weighted by atomic mass is 16.1. The molecule has 0 aliphatic rings. The fraction of sp³-hybridized carbons (Fsp3) is 0.364. The van der Waals surface area contributed by atoms with E-state index in [1.54, 1.807) is 23.2 Å². The molecule has 1 aromatic carbocycles. The van der Waals surface area contributed by atoms with Gasteiger partial charge >= 0.3 is 0 Å². The highest BCUT2D eigenvalue weighted by molar-refractivity contribution is 6.00. The van der Waals surface area contributed by atoms with Crippen LogP contribution >= 0.6 is 0 Å². The number of nitrogens with one attached hydrogen (secondary N) is 2. The number of carbonyl (C=O) groups excluding carboxylic acids is 1. The summed E-state index contributed by atoms with van der Waals surface area (Å²) in [5.41, 5.74) is 10.6. The van der Waals surface area contributed by atoms with Crippen molar-refractivity contribution in [3.63, 3.8) is 0 Å². The van der Waals surface area contributed by atoms with Gasteiger partial charge < -0.3 is 16.5 Å². The molecule has 0 spiro atoms. The first-order valence-electron chi connectivity index (χ1n) is 5.16. The van der Waals surface area contributed by atoms with E-state index in [1.807, 2.05) is 21.0 Å². The number of hydrogen-bond donors (Lipinski definition) is 3. The van der Waals surface area contributed by atoms with Gasteiger partial charge in [-0.25, -0.2) is 5.01 Å². The van der Waals surface area contributed by atoms with E-state index in [9.17, 15) is 4.79 Å². The number of amides is 1. The van der Waals surface area contributed by atoms with Crippen LogP contribution in [-0.4, -0.2) is 31.6 Å². The molecule has 1 aromatic rings. The van der Waals surface area contributed by atoms with Crippen molar-refractivity contribution in [3.05, 3.63) is 23.8 Å². The van der Waals surface area contributed by atoms with E-state index < -0.39 is 0 Å². The minimum absolute atomic E-state index is 0.105. The summed E-state index contributed by atoms with van der Waals surface area (Å²) in [5.74, 6) is -0.105. The van der Waals surface area contributed by atoms with Gasteiger partial charge in [-0.05, 0) is 25.1 Å². The first-order valence-corrected chi connectivity index (χ1v) is 5.16.